The smallest absolute Gasteiger partial charge is 0.254 e. The Bertz CT molecular complexity index is 84.4. The minimum atomic E-state index is -1.05. The van der Waals surface area contributed by atoms with E-state index in [1.807, 2.05) is 0 Å². The molecule has 0 aliphatic rings. The Morgan fingerprint density at radius 2 is 2.12 bits per heavy atom. The van der Waals surface area contributed by atoms with Gasteiger partial charge in [-0.1, -0.05) is 5.16 Å². The molecule has 0 heterocycles. The van der Waals surface area contributed by atoms with Crippen molar-refractivity contribution in [1.82, 2.24) is 0 Å². The normalized spacial score (nSPS) is 12.5. The molecule has 3 nitrogen and oxygen atoms in total. The molecule has 0 saturated heterocycles. The van der Waals surface area contributed by atoms with E-state index >= 15 is 0 Å². The molecule has 8 heavy (non-hydrogen) atoms. The third-order valence-corrected chi connectivity index (χ3v) is 0.384. The molecule has 0 spiro atoms. The average molecular weight is 116 g/mol. The summed E-state index contributed by atoms with van der Waals surface area (Å²) in [5.74, 6) is 0. The molecule has 0 aliphatic heterocycles. The van der Waals surface area contributed by atoms with E-state index in [4.69, 9.17) is 0 Å². The lowest BCUT2D eigenvalue weighted by atomic mass is 10.5. The third-order valence-electron chi connectivity index (χ3n) is 0.384. The van der Waals surface area contributed by atoms with E-state index in [1.165, 1.54) is 6.92 Å². The Morgan fingerprint density at radius 3 is 2.25 bits per heavy atom. The molecule has 0 saturated carbocycles. The molecule has 0 aliphatic carbocycles. The zero-order chi connectivity index (χ0) is 6.57. The van der Waals surface area contributed by atoms with Gasteiger partial charge in [0, 0.05) is 6.92 Å². The second kappa shape index (κ2) is 3.43. The summed E-state index contributed by atoms with van der Waals surface area (Å²) in [5.41, 5.74) is 0.757. The van der Waals surface area contributed by atoms with Crippen LogP contribution >= 0.6 is 0 Å². The van der Waals surface area contributed by atoms with Crippen molar-refractivity contribution >= 4 is 5.71 Å². The highest BCUT2D eigenvalue weighted by Gasteiger charge is 1.91. The van der Waals surface area contributed by atoms with E-state index in [-0.39, 0.29) is 0 Å². The van der Waals surface area contributed by atoms with Gasteiger partial charge in [-0.25, -0.2) is 0 Å². The van der Waals surface area contributed by atoms with Gasteiger partial charge in [0.25, 0.3) is 6.29 Å². The molecule has 0 bridgehead atoms. The van der Waals surface area contributed by atoms with Gasteiger partial charge in [0.05, 0.1) is 5.71 Å². The molecular formula is C5H10NO2. The number of nitrogens with zero attached hydrogens (tertiary/aromatic N) is 1. The Labute approximate surface area is 49.0 Å². The Hall–Kier alpha value is -0.570. The van der Waals surface area contributed by atoms with E-state index in [1.54, 1.807) is 13.8 Å². The third kappa shape index (κ3) is 5.43. The fourth-order valence-electron chi connectivity index (χ4n) is 0.180. The van der Waals surface area contributed by atoms with Crippen LogP contribution in [-0.2, 0) is 9.94 Å². The lowest BCUT2D eigenvalue weighted by molar-refractivity contribution is -0.126. The second-order valence-electron chi connectivity index (χ2n) is 1.71. The van der Waals surface area contributed by atoms with Crippen LogP contribution in [0.5, 0.6) is 0 Å². The summed E-state index contributed by atoms with van der Waals surface area (Å²) in [5, 5.41) is 13.5. The summed E-state index contributed by atoms with van der Waals surface area (Å²) >= 11 is 0. The molecule has 47 valence electrons. The molecule has 0 aromatic rings. The summed E-state index contributed by atoms with van der Waals surface area (Å²) in [6, 6.07) is 0. The molecule has 0 amide bonds. The van der Waals surface area contributed by atoms with Crippen LogP contribution in [-0.4, -0.2) is 12.0 Å². The summed E-state index contributed by atoms with van der Waals surface area (Å²) in [4.78, 5) is 4.34. The van der Waals surface area contributed by atoms with E-state index in [2.05, 4.69) is 9.99 Å². The average Bonchev–Trinajstić information content (AvgIpc) is 1.61. The molecule has 1 atom stereocenters. The Morgan fingerprint density at radius 1 is 1.62 bits per heavy atom. The van der Waals surface area contributed by atoms with E-state index < -0.39 is 6.29 Å². The molecular weight excluding hydrogens is 106 g/mol. The molecule has 0 aromatic heterocycles. The minimum absolute atomic E-state index is 0.757. The molecule has 1 unspecified atom stereocenters. The topological polar surface area (TPSA) is 41.5 Å². The highest BCUT2D eigenvalue weighted by Crippen LogP contribution is 1.85. The number of oxime groups is 1. The van der Waals surface area contributed by atoms with Crippen LogP contribution in [0, 0.1) is 0 Å². The largest absolute Gasteiger partial charge is 0.361 e. The fourth-order valence-corrected chi connectivity index (χ4v) is 0.180. The monoisotopic (exact) mass is 116 g/mol. The standard InChI is InChI=1S/C5H10NO2/c1-4(2)6-8-5(3)7/h5H,1-3H3. The minimum Gasteiger partial charge on any atom is -0.361 e. The second-order valence-corrected chi connectivity index (χ2v) is 1.71. The van der Waals surface area contributed by atoms with Gasteiger partial charge in [0.2, 0.25) is 0 Å². The maximum Gasteiger partial charge on any atom is 0.254 e. The van der Waals surface area contributed by atoms with Gasteiger partial charge < -0.3 is 4.84 Å². The number of rotatable bonds is 2. The van der Waals surface area contributed by atoms with Gasteiger partial charge in [-0.15, -0.1) is 0 Å². The van der Waals surface area contributed by atoms with Gasteiger partial charge in [0.1, 0.15) is 0 Å². The maximum absolute atomic E-state index is 10.1. The summed E-state index contributed by atoms with van der Waals surface area (Å²) in [6.45, 7) is 4.93. The van der Waals surface area contributed by atoms with Crippen molar-refractivity contribution in [3.05, 3.63) is 0 Å². The van der Waals surface area contributed by atoms with E-state index in [0.717, 1.165) is 5.71 Å². The van der Waals surface area contributed by atoms with Crippen molar-refractivity contribution in [2.24, 2.45) is 5.16 Å². The van der Waals surface area contributed by atoms with Crippen molar-refractivity contribution in [3.63, 3.8) is 0 Å². The highest BCUT2D eigenvalue weighted by molar-refractivity contribution is 5.78. The maximum atomic E-state index is 10.1. The van der Waals surface area contributed by atoms with Crippen molar-refractivity contribution in [2.75, 3.05) is 0 Å². The van der Waals surface area contributed by atoms with Gasteiger partial charge in [-0.3, -0.25) is 0 Å². The first-order valence-corrected chi connectivity index (χ1v) is 2.45. The fraction of sp³-hybridized carbons (Fsp3) is 0.800. The lowest BCUT2D eigenvalue weighted by Gasteiger charge is -1.96. The molecule has 3 heteroatoms. The van der Waals surface area contributed by atoms with Gasteiger partial charge in [-0.2, -0.15) is 5.11 Å². The van der Waals surface area contributed by atoms with Crippen LogP contribution in [0.25, 0.3) is 0 Å². The SMILES string of the molecule is CC(C)=NOC(C)[O]. The predicted molar refractivity (Wildman–Crippen MR) is 30.0 cm³/mol. The van der Waals surface area contributed by atoms with Crippen LogP contribution < -0.4 is 0 Å². The zero-order valence-corrected chi connectivity index (χ0v) is 5.34. The summed E-state index contributed by atoms with van der Waals surface area (Å²) in [7, 11) is 0. The lowest BCUT2D eigenvalue weighted by Crippen LogP contribution is -1.99. The predicted octanol–water partition coefficient (Wildman–Crippen LogP) is 1.18. The van der Waals surface area contributed by atoms with Gasteiger partial charge in [-0.05, 0) is 13.8 Å². The molecule has 0 N–H and O–H groups in total. The van der Waals surface area contributed by atoms with Crippen molar-refractivity contribution in [1.29, 1.82) is 0 Å². The molecule has 0 fully saturated rings. The van der Waals surface area contributed by atoms with E-state index in [0.29, 0.717) is 0 Å². The summed E-state index contributed by atoms with van der Waals surface area (Å²) in [6.07, 6.45) is -1.05. The first-order chi connectivity index (χ1) is 3.63. The molecule has 1 radical (unpaired) electrons. The van der Waals surface area contributed by atoms with Crippen molar-refractivity contribution < 1.29 is 9.94 Å². The molecule has 0 aromatic carbocycles. The van der Waals surface area contributed by atoms with Gasteiger partial charge in [0.15, 0.2) is 0 Å². The van der Waals surface area contributed by atoms with Crippen LogP contribution in [0.3, 0.4) is 0 Å². The Kier molecular flexibility index (Phi) is 3.19. The highest BCUT2D eigenvalue weighted by atomic mass is 16.7. The van der Waals surface area contributed by atoms with Crippen LogP contribution in [0.15, 0.2) is 5.16 Å². The quantitative estimate of drug-likeness (QED) is 0.303. The van der Waals surface area contributed by atoms with E-state index in [9.17, 15) is 5.11 Å². The van der Waals surface area contributed by atoms with Crippen molar-refractivity contribution in [3.8, 4) is 0 Å². The van der Waals surface area contributed by atoms with Crippen LogP contribution in [0.1, 0.15) is 20.8 Å². The van der Waals surface area contributed by atoms with Crippen LogP contribution in [0.2, 0.25) is 0 Å². The zero-order valence-electron chi connectivity index (χ0n) is 5.34. The Balaban J connectivity index is 3.29. The first kappa shape index (κ1) is 7.43. The van der Waals surface area contributed by atoms with Crippen molar-refractivity contribution in [2.45, 2.75) is 27.1 Å². The van der Waals surface area contributed by atoms with Gasteiger partial charge >= 0.3 is 0 Å². The first-order valence-electron chi connectivity index (χ1n) is 2.45. The molecule has 0 rings (SSSR count). The number of hydrogen-bond donors (Lipinski definition) is 0. The number of hydrogen-bond acceptors (Lipinski definition) is 2. The van der Waals surface area contributed by atoms with Crippen LogP contribution in [0.4, 0.5) is 0 Å². The summed E-state index contributed by atoms with van der Waals surface area (Å²) < 4.78 is 0.